The van der Waals surface area contributed by atoms with Crippen LogP contribution in [-0.4, -0.2) is 61.4 Å². The molecular formula is C14H25BrN4O2. The Hall–Kier alpha value is -0.470. The fraction of sp³-hybridized carbons (Fsp3) is 0.786. The van der Waals surface area contributed by atoms with Crippen molar-refractivity contribution in [1.82, 2.24) is 20.0 Å². The molecule has 2 heterocycles. The minimum absolute atomic E-state index is 0.127. The molecular weight excluding hydrogens is 336 g/mol. The topological polar surface area (TPSA) is 51.5 Å². The lowest BCUT2D eigenvalue weighted by molar-refractivity contribution is -0.0534. The smallest absolute Gasteiger partial charge is 0.159 e. The van der Waals surface area contributed by atoms with E-state index in [1.807, 2.05) is 6.20 Å². The van der Waals surface area contributed by atoms with Gasteiger partial charge in [0, 0.05) is 13.0 Å². The zero-order valence-electron chi connectivity index (χ0n) is 13.0. The Balaban J connectivity index is 2.11. The van der Waals surface area contributed by atoms with Gasteiger partial charge in [0.05, 0.1) is 42.2 Å². The van der Waals surface area contributed by atoms with Crippen molar-refractivity contribution in [3.05, 3.63) is 16.4 Å². The van der Waals surface area contributed by atoms with E-state index in [0.29, 0.717) is 13.2 Å². The second-order valence-corrected chi connectivity index (χ2v) is 6.28. The fourth-order valence-electron chi connectivity index (χ4n) is 2.47. The number of nitrogens with zero attached hydrogens (tertiary/aromatic N) is 3. The van der Waals surface area contributed by atoms with E-state index < -0.39 is 0 Å². The number of hydrogen-bond donors (Lipinski definition) is 1. The van der Waals surface area contributed by atoms with Crippen LogP contribution in [-0.2, 0) is 16.0 Å². The van der Waals surface area contributed by atoms with Crippen LogP contribution in [0.15, 0.2) is 10.7 Å². The molecule has 120 valence electrons. The third kappa shape index (κ3) is 4.75. The predicted molar refractivity (Wildman–Crippen MR) is 85.2 cm³/mol. The van der Waals surface area contributed by atoms with Crippen LogP contribution in [0.4, 0.5) is 0 Å². The highest BCUT2D eigenvalue weighted by Gasteiger charge is 2.26. The summed E-state index contributed by atoms with van der Waals surface area (Å²) >= 11 is 3.63. The summed E-state index contributed by atoms with van der Waals surface area (Å²) in [4.78, 5) is 2.16. The van der Waals surface area contributed by atoms with Crippen LogP contribution in [0.3, 0.4) is 0 Å². The minimum atomic E-state index is -0.127. The number of ether oxygens (including phenoxy) is 2. The largest absolute Gasteiger partial charge is 0.350 e. The van der Waals surface area contributed by atoms with Gasteiger partial charge in [-0.05, 0) is 36.6 Å². The molecule has 0 aliphatic carbocycles. The molecule has 0 aromatic carbocycles. The SMILES string of the molecule is CCNC(CC1OCCO1)c1c(Br)cnn1CCN(C)C. The van der Waals surface area contributed by atoms with Gasteiger partial charge >= 0.3 is 0 Å². The molecule has 7 heteroatoms. The Kier molecular flexibility index (Phi) is 6.63. The van der Waals surface area contributed by atoms with Crippen molar-refractivity contribution >= 4 is 15.9 Å². The zero-order chi connectivity index (χ0) is 15.2. The van der Waals surface area contributed by atoms with Crippen LogP contribution in [0, 0.1) is 0 Å². The van der Waals surface area contributed by atoms with Gasteiger partial charge < -0.3 is 19.7 Å². The minimum Gasteiger partial charge on any atom is -0.350 e. The molecule has 0 radical (unpaired) electrons. The number of nitrogens with one attached hydrogen (secondary N) is 1. The van der Waals surface area contributed by atoms with Gasteiger partial charge in [0.2, 0.25) is 0 Å². The van der Waals surface area contributed by atoms with E-state index in [-0.39, 0.29) is 12.3 Å². The Morgan fingerprint density at radius 3 is 2.81 bits per heavy atom. The van der Waals surface area contributed by atoms with Gasteiger partial charge in [0.25, 0.3) is 0 Å². The summed E-state index contributed by atoms with van der Waals surface area (Å²) in [6, 6.07) is 0.164. The summed E-state index contributed by atoms with van der Waals surface area (Å²) < 4.78 is 14.3. The highest BCUT2D eigenvalue weighted by molar-refractivity contribution is 9.10. The van der Waals surface area contributed by atoms with Crippen molar-refractivity contribution in [2.75, 3.05) is 40.4 Å². The van der Waals surface area contributed by atoms with Crippen molar-refractivity contribution in [1.29, 1.82) is 0 Å². The summed E-state index contributed by atoms with van der Waals surface area (Å²) in [5, 5.41) is 8.00. The Labute approximate surface area is 134 Å². The van der Waals surface area contributed by atoms with Gasteiger partial charge in [-0.2, -0.15) is 5.10 Å². The summed E-state index contributed by atoms with van der Waals surface area (Å²) in [6.45, 7) is 6.19. The molecule has 6 nitrogen and oxygen atoms in total. The van der Waals surface area contributed by atoms with Gasteiger partial charge in [-0.15, -0.1) is 0 Å². The second-order valence-electron chi connectivity index (χ2n) is 5.42. The van der Waals surface area contributed by atoms with E-state index in [1.54, 1.807) is 0 Å². The first-order chi connectivity index (χ1) is 10.1. The van der Waals surface area contributed by atoms with Crippen molar-refractivity contribution in [2.45, 2.75) is 32.2 Å². The molecule has 1 N–H and O–H groups in total. The maximum Gasteiger partial charge on any atom is 0.159 e. The molecule has 1 unspecified atom stereocenters. The molecule has 1 fully saturated rings. The van der Waals surface area contributed by atoms with Crippen molar-refractivity contribution in [3.63, 3.8) is 0 Å². The molecule has 1 aliphatic rings. The summed E-state index contributed by atoms with van der Waals surface area (Å²) in [7, 11) is 4.14. The molecule has 1 aromatic heterocycles. The van der Waals surface area contributed by atoms with Crippen molar-refractivity contribution in [2.24, 2.45) is 0 Å². The molecule has 0 saturated carbocycles. The lowest BCUT2D eigenvalue weighted by Gasteiger charge is -2.23. The van der Waals surface area contributed by atoms with Gasteiger partial charge in [-0.3, -0.25) is 4.68 Å². The van der Waals surface area contributed by atoms with E-state index in [4.69, 9.17) is 9.47 Å². The summed E-state index contributed by atoms with van der Waals surface area (Å²) in [5.41, 5.74) is 1.16. The number of hydrogen-bond acceptors (Lipinski definition) is 5. The molecule has 0 bridgehead atoms. The molecule has 1 aliphatic heterocycles. The van der Waals surface area contributed by atoms with Crippen LogP contribution in [0.5, 0.6) is 0 Å². The predicted octanol–water partition coefficient (Wildman–Crippen LogP) is 1.62. The molecule has 0 amide bonds. The fourth-order valence-corrected chi connectivity index (χ4v) is 3.04. The Morgan fingerprint density at radius 2 is 2.19 bits per heavy atom. The number of likely N-dealkylation sites (N-methyl/N-ethyl adjacent to an activating group) is 1. The van der Waals surface area contributed by atoms with E-state index in [0.717, 1.165) is 36.2 Å². The molecule has 2 rings (SSSR count). The van der Waals surface area contributed by atoms with Gasteiger partial charge in [0.15, 0.2) is 6.29 Å². The second kappa shape index (κ2) is 8.24. The lowest BCUT2D eigenvalue weighted by Crippen LogP contribution is -2.29. The molecule has 1 saturated heterocycles. The molecule has 1 atom stereocenters. The Bertz CT molecular complexity index is 433. The average Bonchev–Trinajstić information content (AvgIpc) is 3.05. The molecule has 21 heavy (non-hydrogen) atoms. The van der Waals surface area contributed by atoms with E-state index in [9.17, 15) is 0 Å². The zero-order valence-corrected chi connectivity index (χ0v) is 14.6. The monoisotopic (exact) mass is 360 g/mol. The third-order valence-corrected chi connectivity index (χ3v) is 4.10. The highest BCUT2D eigenvalue weighted by Crippen LogP contribution is 2.28. The Morgan fingerprint density at radius 1 is 1.48 bits per heavy atom. The lowest BCUT2D eigenvalue weighted by atomic mass is 10.1. The van der Waals surface area contributed by atoms with Gasteiger partial charge in [0.1, 0.15) is 0 Å². The number of halogens is 1. The van der Waals surface area contributed by atoms with Crippen LogP contribution >= 0.6 is 15.9 Å². The summed E-state index contributed by atoms with van der Waals surface area (Å²) in [6.07, 6.45) is 2.53. The quantitative estimate of drug-likeness (QED) is 0.763. The van der Waals surface area contributed by atoms with Crippen molar-refractivity contribution in [3.8, 4) is 0 Å². The van der Waals surface area contributed by atoms with Crippen LogP contribution in [0.2, 0.25) is 0 Å². The van der Waals surface area contributed by atoms with Crippen molar-refractivity contribution < 1.29 is 9.47 Å². The maximum absolute atomic E-state index is 5.59. The number of rotatable bonds is 8. The third-order valence-electron chi connectivity index (χ3n) is 3.49. The van der Waals surface area contributed by atoms with Crippen LogP contribution < -0.4 is 5.32 Å². The first kappa shape index (κ1) is 16.9. The molecule has 1 aromatic rings. The average molecular weight is 361 g/mol. The first-order valence-electron chi connectivity index (χ1n) is 7.44. The van der Waals surface area contributed by atoms with Crippen LogP contribution in [0.25, 0.3) is 0 Å². The van der Waals surface area contributed by atoms with Gasteiger partial charge in [-0.25, -0.2) is 0 Å². The normalized spacial score (nSPS) is 17.8. The first-order valence-corrected chi connectivity index (χ1v) is 8.23. The highest BCUT2D eigenvalue weighted by atomic mass is 79.9. The maximum atomic E-state index is 5.59. The van der Waals surface area contributed by atoms with E-state index in [2.05, 4.69) is 56.9 Å². The van der Waals surface area contributed by atoms with E-state index in [1.165, 1.54) is 0 Å². The summed E-state index contributed by atoms with van der Waals surface area (Å²) in [5.74, 6) is 0. The number of aromatic nitrogens is 2. The molecule has 0 spiro atoms. The van der Waals surface area contributed by atoms with Crippen LogP contribution in [0.1, 0.15) is 25.1 Å². The van der Waals surface area contributed by atoms with Gasteiger partial charge in [-0.1, -0.05) is 6.92 Å². The van der Waals surface area contributed by atoms with E-state index >= 15 is 0 Å². The standard InChI is InChI=1S/C14H25BrN4O2/c1-4-16-12(9-13-20-7-8-21-13)14-11(15)10-17-19(14)6-5-18(2)3/h10,12-13,16H,4-9H2,1-3H3.